The van der Waals surface area contributed by atoms with Gasteiger partial charge in [0.25, 0.3) is 5.69 Å². The van der Waals surface area contributed by atoms with Crippen LogP contribution in [0.3, 0.4) is 0 Å². The van der Waals surface area contributed by atoms with Crippen molar-refractivity contribution in [1.29, 1.82) is 0 Å². The van der Waals surface area contributed by atoms with Crippen molar-refractivity contribution in [3.8, 4) is 0 Å². The second-order valence-electron chi connectivity index (χ2n) is 8.38. The van der Waals surface area contributed by atoms with E-state index in [0.717, 1.165) is 29.8 Å². The van der Waals surface area contributed by atoms with Crippen molar-refractivity contribution >= 4 is 29.2 Å². The summed E-state index contributed by atoms with van der Waals surface area (Å²) in [6, 6.07) is 3.71. The van der Waals surface area contributed by atoms with Crippen LogP contribution in [0, 0.1) is 15.5 Å². The van der Waals surface area contributed by atoms with E-state index in [4.69, 9.17) is 0 Å². The number of imide groups is 2. The summed E-state index contributed by atoms with van der Waals surface area (Å²) in [7, 11) is 1.42. The third-order valence-electron chi connectivity index (χ3n) is 6.65. The monoisotopic (exact) mass is 414 g/mol. The Hall–Kier alpha value is -2.97. The first-order valence-corrected chi connectivity index (χ1v) is 10.5. The molecule has 30 heavy (non-hydrogen) atoms. The van der Waals surface area contributed by atoms with Crippen molar-refractivity contribution in [3.05, 3.63) is 33.9 Å². The maximum absolute atomic E-state index is 13.8. The van der Waals surface area contributed by atoms with Crippen LogP contribution in [-0.2, 0) is 16.0 Å². The predicted molar refractivity (Wildman–Crippen MR) is 109 cm³/mol. The molecule has 0 saturated carbocycles. The fraction of sp³-hybridized carbons (Fsp3) is 0.571. The number of amides is 4. The largest absolute Gasteiger partial charge is 0.367 e. The molecule has 0 bridgehead atoms. The Labute approximate surface area is 174 Å². The quantitative estimate of drug-likeness (QED) is 0.428. The summed E-state index contributed by atoms with van der Waals surface area (Å²) >= 11 is 0. The van der Waals surface area contributed by atoms with Gasteiger partial charge in [0, 0.05) is 44.4 Å². The Morgan fingerprint density at radius 2 is 1.93 bits per heavy atom. The van der Waals surface area contributed by atoms with Gasteiger partial charge >= 0.3 is 6.03 Å². The van der Waals surface area contributed by atoms with Crippen LogP contribution in [0.4, 0.5) is 16.2 Å². The number of urea groups is 1. The highest BCUT2D eigenvalue weighted by Gasteiger charge is 2.63. The number of nitrogens with zero attached hydrogens (tertiary/aromatic N) is 4. The number of benzene rings is 1. The molecule has 0 unspecified atom stereocenters. The summed E-state index contributed by atoms with van der Waals surface area (Å²) in [4.78, 5) is 55.2. The molecule has 4 rings (SSSR count). The second kappa shape index (κ2) is 7.37. The number of non-ortho nitro benzene ring substituents is 1. The SMILES string of the molecule is CCCN1C(=O)N(C)C(=O)[C@]2(Cc3cc([N+](=O)[O-])ccc3N3CCCCC[C@@H]32)C1=O. The summed E-state index contributed by atoms with van der Waals surface area (Å²) in [6.07, 6.45) is 4.11. The maximum Gasteiger partial charge on any atom is 0.333 e. The normalized spacial score (nSPS) is 26.5. The molecule has 4 amide bonds. The van der Waals surface area contributed by atoms with Crippen LogP contribution < -0.4 is 4.90 Å². The minimum absolute atomic E-state index is 0.0669. The van der Waals surface area contributed by atoms with E-state index in [-0.39, 0.29) is 24.7 Å². The molecular formula is C21H26N4O5. The average Bonchev–Trinajstić information content (AvgIpc) is 3.00. The Morgan fingerprint density at radius 3 is 2.63 bits per heavy atom. The van der Waals surface area contributed by atoms with E-state index in [1.54, 1.807) is 6.07 Å². The van der Waals surface area contributed by atoms with Gasteiger partial charge in [0.1, 0.15) is 0 Å². The van der Waals surface area contributed by atoms with Crippen LogP contribution in [-0.4, -0.2) is 58.7 Å². The van der Waals surface area contributed by atoms with Gasteiger partial charge in [-0.3, -0.25) is 29.5 Å². The standard InChI is InChI=1S/C21H26N4O5/c1-3-10-24-19(27)21(18(26)22(2)20(24)28)13-14-12-15(25(29)30)8-9-16(14)23-11-6-4-5-7-17(21)23/h8-9,12,17H,3-7,10-11,13H2,1-2H3/t17-,21-/m1/s1. The van der Waals surface area contributed by atoms with Gasteiger partial charge in [-0.05, 0) is 30.9 Å². The topological polar surface area (TPSA) is 104 Å². The van der Waals surface area contributed by atoms with Gasteiger partial charge in [0.2, 0.25) is 11.8 Å². The lowest BCUT2D eigenvalue weighted by Gasteiger charge is -2.53. The van der Waals surface area contributed by atoms with Gasteiger partial charge in [-0.25, -0.2) is 4.79 Å². The molecular weight excluding hydrogens is 388 g/mol. The molecule has 3 heterocycles. The zero-order chi connectivity index (χ0) is 21.6. The molecule has 3 aliphatic heterocycles. The van der Waals surface area contributed by atoms with Crippen LogP contribution in [0.15, 0.2) is 18.2 Å². The molecule has 2 atom stereocenters. The molecule has 9 nitrogen and oxygen atoms in total. The smallest absolute Gasteiger partial charge is 0.333 e. The molecule has 0 aromatic heterocycles. The van der Waals surface area contributed by atoms with E-state index in [0.29, 0.717) is 24.9 Å². The molecule has 1 spiro atoms. The lowest BCUT2D eigenvalue weighted by atomic mass is 9.67. The van der Waals surface area contributed by atoms with Crippen molar-refractivity contribution in [2.24, 2.45) is 5.41 Å². The van der Waals surface area contributed by atoms with E-state index >= 15 is 0 Å². The summed E-state index contributed by atoms with van der Waals surface area (Å²) in [5.74, 6) is -0.967. The Morgan fingerprint density at radius 1 is 1.17 bits per heavy atom. The lowest BCUT2D eigenvalue weighted by Crippen LogP contribution is -2.72. The Kier molecular flexibility index (Phi) is 4.99. The first kappa shape index (κ1) is 20.3. The summed E-state index contributed by atoms with van der Waals surface area (Å²) in [5, 5.41) is 11.4. The Bertz CT molecular complexity index is 932. The van der Waals surface area contributed by atoms with E-state index in [2.05, 4.69) is 4.90 Å². The number of nitro groups is 1. The third kappa shape index (κ3) is 2.79. The van der Waals surface area contributed by atoms with Crippen molar-refractivity contribution < 1.29 is 19.3 Å². The molecule has 1 aromatic carbocycles. The maximum atomic E-state index is 13.8. The first-order chi connectivity index (χ1) is 14.3. The van der Waals surface area contributed by atoms with Gasteiger partial charge in [-0.1, -0.05) is 19.8 Å². The highest BCUT2D eigenvalue weighted by atomic mass is 16.6. The van der Waals surface area contributed by atoms with E-state index < -0.39 is 28.2 Å². The fourth-order valence-corrected chi connectivity index (χ4v) is 5.28. The molecule has 9 heteroatoms. The molecule has 0 aliphatic carbocycles. The number of anilines is 1. The molecule has 160 valence electrons. The van der Waals surface area contributed by atoms with E-state index in [9.17, 15) is 24.5 Å². The summed E-state index contributed by atoms with van der Waals surface area (Å²) in [5.41, 5.74) is -0.0454. The van der Waals surface area contributed by atoms with Crippen LogP contribution >= 0.6 is 0 Å². The van der Waals surface area contributed by atoms with Crippen molar-refractivity contribution in [1.82, 2.24) is 9.80 Å². The number of fused-ring (bicyclic) bond motifs is 4. The molecule has 3 aliphatic rings. The highest BCUT2D eigenvalue weighted by molar-refractivity contribution is 6.20. The number of barbiturate groups is 1. The first-order valence-electron chi connectivity index (χ1n) is 10.5. The predicted octanol–water partition coefficient (Wildman–Crippen LogP) is 2.72. The minimum Gasteiger partial charge on any atom is -0.367 e. The number of carbonyl (C=O) groups is 3. The average molecular weight is 414 g/mol. The zero-order valence-electron chi connectivity index (χ0n) is 17.3. The van der Waals surface area contributed by atoms with Crippen molar-refractivity contribution in [3.63, 3.8) is 0 Å². The lowest BCUT2D eigenvalue weighted by molar-refractivity contribution is -0.384. The van der Waals surface area contributed by atoms with Crippen LogP contribution in [0.2, 0.25) is 0 Å². The van der Waals surface area contributed by atoms with Gasteiger partial charge in [0.05, 0.1) is 11.0 Å². The molecule has 0 N–H and O–H groups in total. The molecule has 1 aromatic rings. The van der Waals surface area contributed by atoms with Gasteiger partial charge in [-0.15, -0.1) is 0 Å². The van der Waals surface area contributed by atoms with E-state index in [1.807, 2.05) is 6.92 Å². The molecule has 0 radical (unpaired) electrons. The van der Waals surface area contributed by atoms with Crippen molar-refractivity contribution in [2.45, 2.75) is 51.5 Å². The van der Waals surface area contributed by atoms with Gasteiger partial charge in [0.15, 0.2) is 5.41 Å². The molecule has 2 fully saturated rings. The van der Waals surface area contributed by atoms with Crippen molar-refractivity contribution in [2.75, 3.05) is 25.0 Å². The number of carbonyl (C=O) groups excluding carboxylic acids is 3. The number of rotatable bonds is 3. The fourth-order valence-electron chi connectivity index (χ4n) is 5.28. The Balaban J connectivity index is 1.91. The van der Waals surface area contributed by atoms with E-state index in [1.165, 1.54) is 24.1 Å². The highest BCUT2D eigenvalue weighted by Crippen LogP contribution is 2.48. The van der Waals surface area contributed by atoms with Gasteiger partial charge < -0.3 is 4.90 Å². The number of nitro benzene ring substituents is 1. The minimum atomic E-state index is -1.44. The van der Waals surface area contributed by atoms with Crippen LogP contribution in [0.25, 0.3) is 0 Å². The van der Waals surface area contributed by atoms with Crippen LogP contribution in [0.1, 0.15) is 44.6 Å². The number of hydrogen-bond donors (Lipinski definition) is 0. The number of hydrogen-bond acceptors (Lipinski definition) is 6. The van der Waals surface area contributed by atoms with Gasteiger partial charge in [-0.2, -0.15) is 0 Å². The zero-order valence-corrected chi connectivity index (χ0v) is 17.3. The third-order valence-corrected chi connectivity index (χ3v) is 6.65. The molecule has 2 saturated heterocycles. The second-order valence-corrected chi connectivity index (χ2v) is 8.38. The summed E-state index contributed by atoms with van der Waals surface area (Å²) < 4.78 is 0. The van der Waals surface area contributed by atoms with Crippen LogP contribution in [0.5, 0.6) is 0 Å². The summed E-state index contributed by atoms with van der Waals surface area (Å²) in [6.45, 7) is 2.79.